The van der Waals surface area contributed by atoms with Gasteiger partial charge < -0.3 is 4.74 Å². The van der Waals surface area contributed by atoms with Crippen LogP contribution in [0.3, 0.4) is 0 Å². The summed E-state index contributed by atoms with van der Waals surface area (Å²) in [5, 5.41) is 0. The minimum absolute atomic E-state index is 1.31. The van der Waals surface area contributed by atoms with Crippen LogP contribution in [0.1, 0.15) is 44.9 Å². The van der Waals surface area contributed by atoms with E-state index >= 15 is 0 Å². The van der Waals surface area contributed by atoms with Gasteiger partial charge in [-0.2, -0.15) is 0 Å². The summed E-state index contributed by atoms with van der Waals surface area (Å²) in [5.74, 6) is 0. The fraction of sp³-hybridized carbons (Fsp3) is 0.636. The summed E-state index contributed by atoms with van der Waals surface area (Å²) in [4.78, 5) is 0. The third kappa shape index (κ3) is 9.28. The van der Waals surface area contributed by atoms with Gasteiger partial charge >= 0.3 is 0 Å². The summed E-state index contributed by atoms with van der Waals surface area (Å²) in [5.41, 5.74) is 0. The van der Waals surface area contributed by atoms with E-state index in [1.807, 2.05) is 0 Å². The number of hydrogen-bond acceptors (Lipinski definition) is 1. The van der Waals surface area contributed by atoms with E-state index in [4.69, 9.17) is 0 Å². The molecule has 0 aromatic rings. The first-order chi connectivity index (χ1) is 5.91. The van der Waals surface area contributed by atoms with Crippen molar-refractivity contribution >= 4 is 0 Å². The van der Waals surface area contributed by atoms with Crippen molar-refractivity contribution in [3.8, 4) is 0 Å². The van der Waals surface area contributed by atoms with Crippen molar-refractivity contribution in [3.05, 3.63) is 25.7 Å². The van der Waals surface area contributed by atoms with Crippen LogP contribution in [0.4, 0.5) is 0 Å². The summed E-state index contributed by atoms with van der Waals surface area (Å²) in [6.45, 7) is 6.51. The molecule has 1 nitrogen and oxygen atoms in total. The highest BCUT2D eigenvalue weighted by Crippen LogP contribution is 2.15. The lowest BCUT2D eigenvalue weighted by molar-refractivity contribution is 0.406. The van der Waals surface area contributed by atoms with Gasteiger partial charge in [0.25, 0.3) is 0 Å². The Hall–Kier alpha value is -0.720. The minimum atomic E-state index is 1.31. The van der Waals surface area contributed by atoms with E-state index < -0.39 is 0 Å². The smallest absolute Gasteiger partial charge is 0.0829 e. The summed E-state index contributed by atoms with van der Waals surface area (Å²) < 4.78 is 4.36. The Morgan fingerprint density at radius 1 is 0.667 bits per heavy atom. The fourth-order valence-electron chi connectivity index (χ4n) is 1.31. The highest BCUT2D eigenvalue weighted by atomic mass is 16.5. The lowest BCUT2D eigenvalue weighted by Gasteiger charge is -1.85. The lowest BCUT2D eigenvalue weighted by Crippen LogP contribution is -1.66. The van der Waals surface area contributed by atoms with Gasteiger partial charge in [-0.15, -0.1) is 0 Å². The average molecular weight is 168 g/mol. The molecular weight excluding hydrogens is 148 g/mol. The first kappa shape index (κ1) is 11.3. The molecule has 1 aliphatic carbocycles. The van der Waals surface area contributed by atoms with Crippen molar-refractivity contribution in [2.45, 2.75) is 44.9 Å². The summed E-state index contributed by atoms with van der Waals surface area (Å²) in [6, 6.07) is 0. The molecule has 0 bridgehead atoms. The highest BCUT2D eigenvalue weighted by Gasteiger charge is 1.95. The zero-order chi connectivity index (χ0) is 9.07. The highest BCUT2D eigenvalue weighted by molar-refractivity contribution is 4.57. The Morgan fingerprint density at radius 2 is 0.917 bits per heavy atom. The van der Waals surface area contributed by atoms with Gasteiger partial charge in [0.2, 0.25) is 0 Å². The molecule has 0 spiro atoms. The second-order valence-corrected chi connectivity index (χ2v) is 2.94. The molecule has 1 saturated carbocycles. The molecule has 0 radical (unpaired) electrons. The molecule has 1 fully saturated rings. The molecule has 1 heteroatoms. The van der Waals surface area contributed by atoms with Gasteiger partial charge in [-0.1, -0.05) is 58.1 Å². The van der Waals surface area contributed by atoms with Gasteiger partial charge in [0.05, 0.1) is 12.5 Å². The SMILES string of the molecule is C1CCCCCC1.C=COC=C. The molecule has 0 saturated heterocycles. The number of ether oxygens (including phenoxy) is 1. The third-order valence-electron chi connectivity index (χ3n) is 1.94. The molecule has 1 rings (SSSR count). The molecule has 0 amide bonds. The van der Waals surface area contributed by atoms with Crippen LogP contribution in [0, 0.1) is 0 Å². The van der Waals surface area contributed by atoms with E-state index in [0.29, 0.717) is 0 Å². The Bertz CT molecular complexity index is 81.9. The Kier molecular flexibility index (Phi) is 9.66. The summed E-state index contributed by atoms with van der Waals surface area (Å²) in [6.07, 6.45) is 13.1. The molecule has 0 unspecified atom stereocenters. The number of hydrogen-bond donors (Lipinski definition) is 0. The normalized spacial score (nSPS) is 16.3. The van der Waals surface area contributed by atoms with E-state index in [0.717, 1.165) is 0 Å². The Labute approximate surface area is 76.1 Å². The van der Waals surface area contributed by atoms with Crippen LogP contribution in [0.25, 0.3) is 0 Å². The number of rotatable bonds is 2. The van der Waals surface area contributed by atoms with Crippen LogP contribution in [-0.2, 0) is 4.74 Å². The third-order valence-corrected chi connectivity index (χ3v) is 1.94. The van der Waals surface area contributed by atoms with Gasteiger partial charge in [0, 0.05) is 0 Å². The largest absolute Gasteiger partial charge is 0.474 e. The molecule has 70 valence electrons. The summed E-state index contributed by atoms with van der Waals surface area (Å²) >= 11 is 0. The van der Waals surface area contributed by atoms with Crippen molar-refractivity contribution in [3.63, 3.8) is 0 Å². The van der Waals surface area contributed by atoms with Gasteiger partial charge in [-0.3, -0.25) is 0 Å². The van der Waals surface area contributed by atoms with Gasteiger partial charge in [0.15, 0.2) is 0 Å². The standard InChI is InChI=1S/C7H14.C4H6O/c1-2-4-6-7-5-3-1;1-3-5-4-2/h1-7H2;3-4H,1-2H2. The maximum absolute atomic E-state index is 4.36. The van der Waals surface area contributed by atoms with Crippen molar-refractivity contribution in [1.29, 1.82) is 0 Å². The first-order valence-electron chi connectivity index (χ1n) is 4.79. The Morgan fingerprint density at radius 3 is 1.00 bits per heavy atom. The van der Waals surface area contributed by atoms with Gasteiger partial charge in [-0.05, 0) is 0 Å². The van der Waals surface area contributed by atoms with Gasteiger partial charge in [0.1, 0.15) is 0 Å². The van der Waals surface area contributed by atoms with Crippen LogP contribution in [0.5, 0.6) is 0 Å². The molecule has 0 heterocycles. The molecule has 0 N–H and O–H groups in total. The maximum atomic E-state index is 4.36. The zero-order valence-electron chi connectivity index (χ0n) is 7.93. The van der Waals surface area contributed by atoms with E-state index in [9.17, 15) is 0 Å². The first-order valence-corrected chi connectivity index (χ1v) is 4.79. The Balaban J connectivity index is 0.000000217. The predicted molar refractivity (Wildman–Crippen MR) is 53.8 cm³/mol. The molecular formula is C11H20O. The van der Waals surface area contributed by atoms with E-state index in [-0.39, 0.29) is 0 Å². The second-order valence-electron chi connectivity index (χ2n) is 2.94. The predicted octanol–water partition coefficient (Wildman–Crippen LogP) is 4.02. The molecule has 0 atom stereocenters. The van der Waals surface area contributed by atoms with Crippen molar-refractivity contribution in [1.82, 2.24) is 0 Å². The zero-order valence-corrected chi connectivity index (χ0v) is 7.93. The topological polar surface area (TPSA) is 9.23 Å². The van der Waals surface area contributed by atoms with Crippen LogP contribution < -0.4 is 0 Å². The van der Waals surface area contributed by atoms with Gasteiger partial charge in [-0.25, -0.2) is 0 Å². The van der Waals surface area contributed by atoms with Crippen LogP contribution in [0.2, 0.25) is 0 Å². The maximum Gasteiger partial charge on any atom is 0.0829 e. The van der Waals surface area contributed by atoms with Crippen molar-refractivity contribution < 1.29 is 4.74 Å². The van der Waals surface area contributed by atoms with E-state index in [1.54, 1.807) is 0 Å². The van der Waals surface area contributed by atoms with Crippen LogP contribution in [-0.4, -0.2) is 0 Å². The van der Waals surface area contributed by atoms with E-state index in [2.05, 4.69) is 17.9 Å². The monoisotopic (exact) mass is 168 g/mol. The molecule has 0 aromatic carbocycles. The minimum Gasteiger partial charge on any atom is -0.474 e. The molecule has 12 heavy (non-hydrogen) atoms. The molecule has 0 aliphatic heterocycles. The van der Waals surface area contributed by atoms with Crippen LogP contribution in [0.15, 0.2) is 25.7 Å². The quantitative estimate of drug-likeness (QED) is 0.447. The fourth-order valence-corrected chi connectivity index (χ4v) is 1.31. The lowest BCUT2D eigenvalue weighted by atomic mass is 10.2. The van der Waals surface area contributed by atoms with Crippen LogP contribution >= 0.6 is 0 Å². The second kappa shape index (κ2) is 10.3. The molecule has 0 aromatic heterocycles. The average Bonchev–Trinajstić information content (AvgIpc) is 2.37. The van der Waals surface area contributed by atoms with Crippen molar-refractivity contribution in [2.24, 2.45) is 0 Å². The molecule has 1 aliphatic rings. The van der Waals surface area contributed by atoms with E-state index in [1.165, 1.54) is 57.5 Å². The summed E-state index contributed by atoms with van der Waals surface area (Å²) in [7, 11) is 0. The van der Waals surface area contributed by atoms with Crippen molar-refractivity contribution in [2.75, 3.05) is 0 Å².